The number of carbonyl (C=O) groups excluding carboxylic acids is 1. The van der Waals surface area contributed by atoms with Crippen molar-refractivity contribution < 1.29 is 18.7 Å². The van der Waals surface area contributed by atoms with Crippen LogP contribution in [0, 0.1) is 5.82 Å². The lowest BCUT2D eigenvalue weighted by Crippen LogP contribution is -2.29. The van der Waals surface area contributed by atoms with E-state index in [1.165, 1.54) is 17.7 Å². The zero-order valence-electron chi connectivity index (χ0n) is 16.6. The van der Waals surface area contributed by atoms with Crippen molar-refractivity contribution in [3.63, 3.8) is 0 Å². The normalized spacial score (nSPS) is 13.9. The van der Waals surface area contributed by atoms with Gasteiger partial charge in [-0.3, -0.25) is 4.79 Å². The number of rotatable bonds is 6. The molecule has 1 unspecified atom stereocenters. The fourth-order valence-electron chi connectivity index (χ4n) is 3.56. The van der Waals surface area contributed by atoms with Gasteiger partial charge in [0.05, 0.1) is 24.8 Å². The topological polar surface area (TPSA) is 47.6 Å². The lowest BCUT2D eigenvalue weighted by atomic mass is 9.98. The third-order valence-corrected chi connectivity index (χ3v) is 5.16. The fraction of sp³-hybridized carbons (Fsp3) is 0.240. The Morgan fingerprint density at radius 1 is 0.933 bits per heavy atom. The maximum atomic E-state index is 14.1. The lowest BCUT2D eigenvalue weighted by molar-refractivity contribution is 0.0930. The Labute approximate surface area is 175 Å². The van der Waals surface area contributed by atoms with Gasteiger partial charge in [0, 0.05) is 6.42 Å². The van der Waals surface area contributed by atoms with E-state index in [4.69, 9.17) is 9.47 Å². The van der Waals surface area contributed by atoms with Gasteiger partial charge in [-0.15, -0.1) is 0 Å². The van der Waals surface area contributed by atoms with Crippen LogP contribution in [0.15, 0.2) is 72.8 Å². The van der Waals surface area contributed by atoms with Crippen molar-refractivity contribution in [2.75, 3.05) is 13.2 Å². The zero-order chi connectivity index (χ0) is 20.8. The first-order chi connectivity index (χ1) is 14.7. The van der Waals surface area contributed by atoms with E-state index in [9.17, 15) is 9.18 Å². The standard InChI is InChI=1S/C25H24FNO3/c26-21-10-5-4-9-20(21)25(28)27-22(13-11-18-7-2-1-3-8-18)19-12-14-23-24(17-19)30-16-6-15-29-23/h1-5,7-10,12,14,17,22H,6,11,13,15-16H2,(H,27,28). The van der Waals surface area contributed by atoms with Gasteiger partial charge in [-0.1, -0.05) is 48.5 Å². The number of ether oxygens (including phenoxy) is 2. The first kappa shape index (κ1) is 20.0. The molecule has 1 heterocycles. The molecule has 1 aliphatic heterocycles. The van der Waals surface area contributed by atoms with Crippen molar-refractivity contribution in [3.05, 3.63) is 95.3 Å². The first-order valence-corrected chi connectivity index (χ1v) is 10.2. The Balaban J connectivity index is 1.59. The van der Waals surface area contributed by atoms with Crippen LogP contribution in [0.4, 0.5) is 4.39 Å². The number of amides is 1. The summed E-state index contributed by atoms with van der Waals surface area (Å²) in [6, 6.07) is 21.5. The van der Waals surface area contributed by atoms with Crippen molar-refractivity contribution in [1.29, 1.82) is 0 Å². The summed E-state index contributed by atoms with van der Waals surface area (Å²) in [6.07, 6.45) is 2.27. The second kappa shape index (κ2) is 9.44. The lowest BCUT2D eigenvalue weighted by Gasteiger charge is -2.21. The molecule has 0 saturated heterocycles. The second-order valence-corrected chi connectivity index (χ2v) is 7.29. The van der Waals surface area contributed by atoms with Crippen LogP contribution in [0.3, 0.4) is 0 Å². The molecule has 0 radical (unpaired) electrons. The number of nitrogens with one attached hydrogen (secondary N) is 1. The summed E-state index contributed by atoms with van der Waals surface area (Å²) in [5, 5.41) is 3.01. The SMILES string of the molecule is O=C(NC(CCc1ccccc1)c1ccc2c(c1)OCCCO2)c1ccccc1F. The van der Waals surface area contributed by atoms with Crippen LogP contribution in [-0.4, -0.2) is 19.1 Å². The van der Waals surface area contributed by atoms with Gasteiger partial charge in [0.25, 0.3) is 5.91 Å². The van der Waals surface area contributed by atoms with E-state index < -0.39 is 11.7 Å². The summed E-state index contributed by atoms with van der Waals surface area (Å²) in [7, 11) is 0. The summed E-state index contributed by atoms with van der Waals surface area (Å²) < 4.78 is 25.6. The molecular formula is C25H24FNO3. The molecule has 1 atom stereocenters. The number of fused-ring (bicyclic) bond motifs is 1. The number of carbonyl (C=O) groups is 1. The van der Waals surface area contributed by atoms with Crippen molar-refractivity contribution in [3.8, 4) is 11.5 Å². The van der Waals surface area contributed by atoms with Crippen molar-refractivity contribution in [2.45, 2.75) is 25.3 Å². The molecule has 0 saturated carbocycles. The number of aryl methyl sites for hydroxylation is 1. The van der Waals surface area contributed by atoms with Crippen LogP contribution in [-0.2, 0) is 6.42 Å². The van der Waals surface area contributed by atoms with E-state index in [1.54, 1.807) is 12.1 Å². The molecule has 5 heteroatoms. The van der Waals surface area contributed by atoms with Gasteiger partial charge < -0.3 is 14.8 Å². The summed E-state index contributed by atoms with van der Waals surface area (Å²) in [5.41, 5.74) is 2.12. The molecule has 4 rings (SSSR count). The van der Waals surface area contributed by atoms with E-state index in [0.717, 1.165) is 18.4 Å². The molecule has 0 bridgehead atoms. The maximum Gasteiger partial charge on any atom is 0.254 e. The Kier molecular flexibility index (Phi) is 6.28. The van der Waals surface area contributed by atoms with E-state index >= 15 is 0 Å². The van der Waals surface area contributed by atoms with Crippen LogP contribution in [0.5, 0.6) is 11.5 Å². The Bertz CT molecular complexity index is 1010. The van der Waals surface area contributed by atoms with E-state index in [-0.39, 0.29) is 11.6 Å². The minimum absolute atomic E-state index is 0.0385. The van der Waals surface area contributed by atoms with Gasteiger partial charge in [0.1, 0.15) is 5.82 Å². The van der Waals surface area contributed by atoms with Gasteiger partial charge in [-0.05, 0) is 48.2 Å². The third-order valence-electron chi connectivity index (χ3n) is 5.16. The molecule has 0 aromatic heterocycles. The molecule has 0 spiro atoms. The molecule has 30 heavy (non-hydrogen) atoms. The molecule has 0 aliphatic carbocycles. The second-order valence-electron chi connectivity index (χ2n) is 7.29. The monoisotopic (exact) mass is 405 g/mol. The molecule has 1 aliphatic rings. The molecule has 3 aromatic carbocycles. The average Bonchev–Trinajstić information content (AvgIpc) is 3.02. The van der Waals surface area contributed by atoms with Crippen LogP contribution >= 0.6 is 0 Å². The Morgan fingerprint density at radius 3 is 2.47 bits per heavy atom. The van der Waals surface area contributed by atoms with Crippen LogP contribution in [0.25, 0.3) is 0 Å². The predicted octanol–water partition coefficient (Wildman–Crippen LogP) is 5.09. The minimum atomic E-state index is -0.532. The van der Waals surface area contributed by atoms with Gasteiger partial charge in [-0.25, -0.2) is 4.39 Å². The van der Waals surface area contributed by atoms with E-state index in [2.05, 4.69) is 17.4 Å². The highest BCUT2D eigenvalue weighted by Gasteiger charge is 2.20. The third kappa shape index (κ3) is 4.79. The maximum absolute atomic E-state index is 14.1. The molecule has 3 aromatic rings. The molecule has 1 amide bonds. The smallest absolute Gasteiger partial charge is 0.254 e. The summed E-state index contributed by atoms with van der Waals surface area (Å²) in [6.45, 7) is 1.21. The molecule has 1 N–H and O–H groups in total. The summed E-state index contributed by atoms with van der Waals surface area (Å²) in [5.74, 6) is 0.419. The number of hydrogen-bond donors (Lipinski definition) is 1. The highest BCUT2D eigenvalue weighted by Crippen LogP contribution is 2.33. The minimum Gasteiger partial charge on any atom is -0.490 e. The summed E-state index contributed by atoms with van der Waals surface area (Å²) >= 11 is 0. The average molecular weight is 405 g/mol. The molecular weight excluding hydrogens is 381 g/mol. The zero-order valence-corrected chi connectivity index (χ0v) is 16.6. The van der Waals surface area contributed by atoms with Gasteiger partial charge in [0.2, 0.25) is 0 Å². The largest absolute Gasteiger partial charge is 0.490 e. The molecule has 4 nitrogen and oxygen atoms in total. The fourth-order valence-corrected chi connectivity index (χ4v) is 3.56. The van der Waals surface area contributed by atoms with Crippen molar-refractivity contribution >= 4 is 5.91 Å². The van der Waals surface area contributed by atoms with Crippen molar-refractivity contribution in [1.82, 2.24) is 5.32 Å². The number of benzene rings is 3. The number of hydrogen-bond acceptors (Lipinski definition) is 3. The summed E-state index contributed by atoms with van der Waals surface area (Å²) in [4.78, 5) is 12.8. The van der Waals surface area contributed by atoms with E-state index in [1.807, 2.05) is 36.4 Å². The van der Waals surface area contributed by atoms with Crippen LogP contribution in [0.2, 0.25) is 0 Å². The quantitative estimate of drug-likeness (QED) is 0.621. The van der Waals surface area contributed by atoms with Gasteiger partial charge in [-0.2, -0.15) is 0 Å². The molecule has 0 fully saturated rings. The van der Waals surface area contributed by atoms with Gasteiger partial charge >= 0.3 is 0 Å². The Hall–Kier alpha value is -3.34. The van der Waals surface area contributed by atoms with Crippen LogP contribution < -0.4 is 14.8 Å². The molecule has 154 valence electrons. The Morgan fingerprint density at radius 2 is 1.67 bits per heavy atom. The number of halogens is 1. The van der Waals surface area contributed by atoms with Gasteiger partial charge in [0.15, 0.2) is 11.5 Å². The highest BCUT2D eigenvalue weighted by atomic mass is 19.1. The van der Waals surface area contributed by atoms with Crippen LogP contribution in [0.1, 0.15) is 40.4 Å². The first-order valence-electron chi connectivity index (χ1n) is 10.2. The van der Waals surface area contributed by atoms with Crippen molar-refractivity contribution in [2.24, 2.45) is 0 Å². The predicted molar refractivity (Wildman–Crippen MR) is 113 cm³/mol. The van der Waals surface area contributed by atoms with E-state index in [0.29, 0.717) is 31.1 Å². The highest BCUT2D eigenvalue weighted by molar-refractivity contribution is 5.94.